The molecule has 1 aliphatic rings. The number of unbranched alkanes of at least 4 members (excludes halogenated alkanes) is 1. The van der Waals surface area contributed by atoms with Crippen molar-refractivity contribution in [3.8, 4) is 0 Å². The molecule has 3 unspecified atom stereocenters. The minimum Gasteiger partial charge on any atom is -0.329 e. The topological polar surface area (TPSA) is 29.3 Å². The van der Waals surface area contributed by atoms with E-state index in [1.807, 2.05) is 0 Å². The summed E-state index contributed by atoms with van der Waals surface area (Å²) in [6.07, 6.45) is 5.03. The molecule has 3 atom stereocenters. The van der Waals surface area contributed by atoms with Crippen molar-refractivity contribution < 1.29 is 0 Å². The number of thioether (sulfide) groups is 1. The van der Waals surface area contributed by atoms with Crippen molar-refractivity contribution in [2.24, 2.45) is 5.73 Å². The largest absolute Gasteiger partial charge is 0.329 e. The lowest BCUT2D eigenvalue weighted by Crippen LogP contribution is -2.58. The average molecular weight is 258 g/mol. The molecule has 1 fully saturated rings. The third-order valence-electron chi connectivity index (χ3n) is 4.12. The molecule has 0 spiro atoms. The number of rotatable bonds is 6. The van der Waals surface area contributed by atoms with Gasteiger partial charge in [-0.25, -0.2) is 0 Å². The van der Waals surface area contributed by atoms with Gasteiger partial charge in [-0.15, -0.1) is 0 Å². The Bertz CT molecular complexity index is 206. The molecule has 1 rings (SSSR count). The Morgan fingerprint density at radius 3 is 2.24 bits per heavy atom. The molecule has 0 aromatic heterocycles. The lowest BCUT2D eigenvalue weighted by atomic mass is 9.87. The summed E-state index contributed by atoms with van der Waals surface area (Å²) >= 11 is 2.12. The standard InChI is InChI=1S/C14H30N2S/c1-5-7-8-14(6-2,11-15)16-9-12(3)17-13(4)10-16/h12-13H,5-11,15H2,1-4H3. The summed E-state index contributed by atoms with van der Waals surface area (Å²) in [5.74, 6) is 0. The normalized spacial score (nSPS) is 30.2. The SMILES string of the molecule is CCCCC(CC)(CN)N1CC(C)SC(C)C1. The van der Waals surface area contributed by atoms with Crippen molar-refractivity contribution in [2.75, 3.05) is 19.6 Å². The zero-order valence-corrected chi connectivity index (χ0v) is 12.9. The van der Waals surface area contributed by atoms with E-state index in [9.17, 15) is 0 Å². The molecule has 1 heterocycles. The minimum absolute atomic E-state index is 0.263. The molecule has 0 bridgehead atoms. The first-order valence-corrected chi connectivity index (χ1v) is 8.12. The Hall–Kier alpha value is 0.270. The zero-order chi connectivity index (χ0) is 12.9. The number of nitrogens with two attached hydrogens (primary N) is 1. The Morgan fingerprint density at radius 1 is 1.24 bits per heavy atom. The predicted molar refractivity (Wildman–Crippen MR) is 79.7 cm³/mol. The maximum atomic E-state index is 6.13. The molecule has 102 valence electrons. The Morgan fingerprint density at radius 2 is 1.82 bits per heavy atom. The van der Waals surface area contributed by atoms with Crippen LogP contribution in [0.5, 0.6) is 0 Å². The van der Waals surface area contributed by atoms with Crippen molar-refractivity contribution in [2.45, 2.75) is 69.4 Å². The minimum atomic E-state index is 0.263. The summed E-state index contributed by atoms with van der Waals surface area (Å²) in [4.78, 5) is 2.69. The van der Waals surface area contributed by atoms with Gasteiger partial charge in [0.05, 0.1) is 0 Å². The van der Waals surface area contributed by atoms with E-state index in [4.69, 9.17) is 5.73 Å². The van der Waals surface area contributed by atoms with E-state index in [0.29, 0.717) is 0 Å². The smallest absolute Gasteiger partial charge is 0.0330 e. The van der Waals surface area contributed by atoms with Crippen molar-refractivity contribution >= 4 is 11.8 Å². The molecule has 2 N–H and O–H groups in total. The van der Waals surface area contributed by atoms with E-state index in [1.165, 1.54) is 38.8 Å². The highest BCUT2D eigenvalue weighted by atomic mass is 32.2. The van der Waals surface area contributed by atoms with Gasteiger partial charge in [0.2, 0.25) is 0 Å². The van der Waals surface area contributed by atoms with Crippen LogP contribution in [0.1, 0.15) is 53.4 Å². The number of hydrogen-bond acceptors (Lipinski definition) is 3. The van der Waals surface area contributed by atoms with Crippen LogP contribution in [0.15, 0.2) is 0 Å². The highest BCUT2D eigenvalue weighted by molar-refractivity contribution is 8.00. The molecule has 0 amide bonds. The summed E-state index contributed by atoms with van der Waals surface area (Å²) in [7, 11) is 0. The van der Waals surface area contributed by atoms with Crippen LogP contribution in [0.3, 0.4) is 0 Å². The molecule has 0 saturated carbocycles. The van der Waals surface area contributed by atoms with Gasteiger partial charge < -0.3 is 5.73 Å². The maximum Gasteiger partial charge on any atom is 0.0330 e. The van der Waals surface area contributed by atoms with E-state index < -0.39 is 0 Å². The molecule has 17 heavy (non-hydrogen) atoms. The highest BCUT2D eigenvalue weighted by Gasteiger charge is 2.37. The fraction of sp³-hybridized carbons (Fsp3) is 1.00. The molecule has 3 heteroatoms. The first kappa shape index (κ1) is 15.3. The first-order valence-electron chi connectivity index (χ1n) is 7.18. The van der Waals surface area contributed by atoms with Crippen LogP contribution in [0, 0.1) is 0 Å². The molecule has 0 aromatic rings. The van der Waals surface area contributed by atoms with E-state index in [1.54, 1.807) is 0 Å². The fourth-order valence-electron chi connectivity index (χ4n) is 3.01. The molecule has 0 aromatic carbocycles. The van der Waals surface area contributed by atoms with Crippen LogP contribution in [0.25, 0.3) is 0 Å². The van der Waals surface area contributed by atoms with Crippen LogP contribution in [-0.4, -0.2) is 40.6 Å². The van der Waals surface area contributed by atoms with Crippen molar-refractivity contribution in [3.63, 3.8) is 0 Å². The first-order chi connectivity index (χ1) is 8.07. The quantitative estimate of drug-likeness (QED) is 0.794. The van der Waals surface area contributed by atoms with E-state index in [-0.39, 0.29) is 5.54 Å². The van der Waals surface area contributed by atoms with Gasteiger partial charge in [-0.3, -0.25) is 4.90 Å². The van der Waals surface area contributed by atoms with Gasteiger partial charge in [0.15, 0.2) is 0 Å². The lowest BCUT2D eigenvalue weighted by Gasteiger charge is -2.48. The lowest BCUT2D eigenvalue weighted by molar-refractivity contribution is 0.0765. The molecule has 2 nitrogen and oxygen atoms in total. The molecule has 0 radical (unpaired) electrons. The van der Waals surface area contributed by atoms with Gasteiger partial charge in [0.1, 0.15) is 0 Å². The summed E-state index contributed by atoms with van der Waals surface area (Å²) in [5.41, 5.74) is 6.40. The van der Waals surface area contributed by atoms with Crippen molar-refractivity contribution in [1.82, 2.24) is 4.90 Å². The second kappa shape index (κ2) is 7.01. The molecular weight excluding hydrogens is 228 g/mol. The average Bonchev–Trinajstić information content (AvgIpc) is 2.30. The van der Waals surface area contributed by atoms with Gasteiger partial charge in [0.25, 0.3) is 0 Å². The van der Waals surface area contributed by atoms with Crippen molar-refractivity contribution in [1.29, 1.82) is 0 Å². The van der Waals surface area contributed by atoms with Gasteiger partial charge in [-0.2, -0.15) is 11.8 Å². The summed E-state index contributed by atoms with van der Waals surface area (Å²) in [6, 6.07) is 0. The van der Waals surface area contributed by atoms with Crippen LogP contribution in [0.4, 0.5) is 0 Å². The van der Waals surface area contributed by atoms with Gasteiger partial charge in [-0.05, 0) is 12.8 Å². The summed E-state index contributed by atoms with van der Waals surface area (Å²) < 4.78 is 0. The summed E-state index contributed by atoms with van der Waals surface area (Å²) in [6.45, 7) is 12.5. The van der Waals surface area contributed by atoms with Gasteiger partial charge >= 0.3 is 0 Å². The van der Waals surface area contributed by atoms with Crippen LogP contribution in [-0.2, 0) is 0 Å². The fourth-order valence-corrected chi connectivity index (χ4v) is 4.33. The Labute approximate surface area is 112 Å². The molecular formula is C14H30N2S. The van der Waals surface area contributed by atoms with Crippen molar-refractivity contribution in [3.05, 3.63) is 0 Å². The third kappa shape index (κ3) is 3.87. The van der Waals surface area contributed by atoms with Gasteiger partial charge in [0, 0.05) is 35.7 Å². The molecule has 0 aliphatic carbocycles. The number of hydrogen-bond donors (Lipinski definition) is 1. The second-order valence-corrected chi connectivity index (χ2v) is 7.43. The number of nitrogens with zero attached hydrogens (tertiary/aromatic N) is 1. The molecule has 1 saturated heterocycles. The monoisotopic (exact) mass is 258 g/mol. The van der Waals surface area contributed by atoms with Crippen LogP contribution in [0.2, 0.25) is 0 Å². The summed E-state index contributed by atoms with van der Waals surface area (Å²) in [5, 5.41) is 1.50. The third-order valence-corrected chi connectivity index (χ3v) is 5.35. The maximum absolute atomic E-state index is 6.13. The Kier molecular flexibility index (Phi) is 6.32. The van der Waals surface area contributed by atoms with E-state index in [2.05, 4.69) is 44.4 Å². The zero-order valence-electron chi connectivity index (χ0n) is 12.0. The van der Waals surface area contributed by atoms with E-state index >= 15 is 0 Å². The second-order valence-electron chi connectivity index (χ2n) is 5.55. The van der Waals surface area contributed by atoms with E-state index in [0.717, 1.165) is 17.0 Å². The predicted octanol–water partition coefficient (Wildman–Crippen LogP) is 3.11. The highest BCUT2D eigenvalue weighted by Crippen LogP contribution is 2.33. The molecule has 1 aliphatic heterocycles. The van der Waals surface area contributed by atoms with Gasteiger partial charge in [-0.1, -0.05) is 40.5 Å². The Balaban J connectivity index is 2.73. The van der Waals surface area contributed by atoms with Crippen LogP contribution >= 0.6 is 11.8 Å². The van der Waals surface area contributed by atoms with Crippen LogP contribution < -0.4 is 5.73 Å².